The molecule has 0 aromatic carbocycles. The molecule has 0 fully saturated rings. The van der Waals surface area contributed by atoms with E-state index in [0.29, 0.717) is 12.0 Å². The molecule has 2 N–H and O–H groups in total. The van der Waals surface area contributed by atoms with Gasteiger partial charge in [-0.05, 0) is 13.3 Å². The first-order valence-corrected chi connectivity index (χ1v) is 5.38. The first-order valence-electron chi connectivity index (χ1n) is 5.38. The Labute approximate surface area is 94.7 Å². The van der Waals surface area contributed by atoms with Gasteiger partial charge in [0, 0.05) is 18.3 Å². The van der Waals surface area contributed by atoms with Crippen molar-refractivity contribution in [1.82, 2.24) is 9.78 Å². The molecule has 0 aliphatic heterocycles. The standard InChI is InChI=1S/C11H18N2O3/c1-4-5-8(11(15)16)10(14)9-6-12-13(3)7(9)2/h6,8,10,14H,4-5H2,1-3H3,(H,15,16). The number of aromatic nitrogens is 2. The van der Waals surface area contributed by atoms with Crippen LogP contribution >= 0.6 is 0 Å². The van der Waals surface area contributed by atoms with Gasteiger partial charge in [-0.25, -0.2) is 0 Å². The summed E-state index contributed by atoms with van der Waals surface area (Å²) in [6.45, 7) is 3.72. The van der Waals surface area contributed by atoms with Crippen LogP contribution in [0.4, 0.5) is 0 Å². The van der Waals surface area contributed by atoms with Gasteiger partial charge in [-0.3, -0.25) is 9.48 Å². The number of aliphatic carboxylic acids is 1. The van der Waals surface area contributed by atoms with Gasteiger partial charge in [-0.1, -0.05) is 13.3 Å². The molecule has 2 unspecified atom stereocenters. The predicted molar refractivity (Wildman–Crippen MR) is 58.9 cm³/mol. The third-order valence-electron chi connectivity index (χ3n) is 2.89. The third kappa shape index (κ3) is 2.41. The summed E-state index contributed by atoms with van der Waals surface area (Å²) in [5.41, 5.74) is 1.40. The molecule has 0 bridgehead atoms. The lowest BCUT2D eigenvalue weighted by Crippen LogP contribution is -2.22. The van der Waals surface area contributed by atoms with E-state index in [1.807, 2.05) is 13.8 Å². The largest absolute Gasteiger partial charge is 0.481 e. The first kappa shape index (κ1) is 12.7. The number of aliphatic hydroxyl groups excluding tert-OH is 1. The maximum absolute atomic E-state index is 11.0. The molecular formula is C11H18N2O3. The molecule has 0 aliphatic carbocycles. The first-order chi connectivity index (χ1) is 7.49. The molecule has 90 valence electrons. The average molecular weight is 226 g/mol. The van der Waals surface area contributed by atoms with Crippen molar-refractivity contribution in [3.05, 3.63) is 17.5 Å². The Morgan fingerprint density at radius 1 is 1.62 bits per heavy atom. The van der Waals surface area contributed by atoms with E-state index in [1.54, 1.807) is 11.7 Å². The summed E-state index contributed by atoms with van der Waals surface area (Å²) in [6, 6.07) is 0. The van der Waals surface area contributed by atoms with Crippen molar-refractivity contribution in [1.29, 1.82) is 0 Å². The molecule has 1 heterocycles. The van der Waals surface area contributed by atoms with Crippen molar-refractivity contribution in [2.45, 2.75) is 32.8 Å². The SMILES string of the molecule is CCCC(C(=O)O)C(O)c1cnn(C)c1C. The van der Waals surface area contributed by atoms with E-state index in [4.69, 9.17) is 5.11 Å². The van der Waals surface area contributed by atoms with Crippen LogP contribution in [0.2, 0.25) is 0 Å². The minimum absolute atomic E-state index is 0.463. The Hall–Kier alpha value is -1.36. The van der Waals surface area contributed by atoms with Crippen molar-refractivity contribution in [2.24, 2.45) is 13.0 Å². The summed E-state index contributed by atoms with van der Waals surface area (Å²) >= 11 is 0. The number of aryl methyl sites for hydroxylation is 1. The van der Waals surface area contributed by atoms with Crippen molar-refractivity contribution in [3.8, 4) is 0 Å². The lowest BCUT2D eigenvalue weighted by molar-refractivity contribution is -0.146. The highest BCUT2D eigenvalue weighted by molar-refractivity contribution is 5.71. The lowest BCUT2D eigenvalue weighted by atomic mass is 9.92. The van der Waals surface area contributed by atoms with Gasteiger partial charge in [0.2, 0.25) is 0 Å². The van der Waals surface area contributed by atoms with E-state index in [0.717, 1.165) is 12.1 Å². The van der Waals surface area contributed by atoms with Crippen LogP contribution in [0, 0.1) is 12.8 Å². The van der Waals surface area contributed by atoms with Gasteiger partial charge in [-0.2, -0.15) is 5.10 Å². The Balaban J connectivity index is 2.94. The van der Waals surface area contributed by atoms with Gasteiger partial charge in [-0.15, -0.1) is 0 Å². The van der Waals surface area contributed by atoms with E-state index in [1.165, 1.54) is 6.20 Å². The van der Waals surface area contributed by atoms with Crippen molar-refractivity contribution in [3.63, 3.8) is 0 Å². The molecule has 0 spiro atoms. The Morgan fingerprint density at radius 3 is 2.62 bits per heavy atom. The summed E-state index contributed by atoms with van der Waals surface area (Å²) in [6.07, 6.45) is 1.75. The van der Waals surface area contributed by atoms with E-state index in [2.05, 4.69) is 5.10 Å². The molecule has 0 amide bonds. The maximum atomic E-state index is 11.0. The Bertz CT molecular complexity index is 373. The van der Waals surface area contributed by atoms with Crippen LogP contribution in [-0.4, -0.2) is 26.0 Å². The number of carbonyl (C=O) groups is 1. The van der Waals surface area contributed by atoms with E-state index in [9.17, 15) is 9.90 Å². The van der Waals surface area contributed by atoms with Crippen molar-refractivity contribution < 1.29 is 15.0 Å². The zero-order chi connectivity index (χ0) is 12.3. The summed E-state index contributed by atoms with van der Waals surface area (Å²) in [5, 5.41) is 23.1. The second kappa shape index (κ2) is 5.12. The summed E-state index contributed by atoms with van der Waals surface area (Å²) in [7, 11) is 1.77. The molecule has 2 atom stereocenters. The van der Waals surface area contributed by atoms with Crippen molar-refractivity contribution >= 4 is 5.97 Å². The molecule has 5 nitrogen and oxygen atoms in total. The van der Waals surface area contributed by atoms with Crippen LogP contribution in [0.5, 0.6) is 0 Å². The van der Waals surface area contributed by atoms with Crippen LogP contribution in [0.15, 0.2) is 6.20 Å². The topological polar surface area (TPSA) is 75.3 Å². The fraction of sp³-hybridized carbons (Fsp3) is 0.636. The highest BCUT2D eigenvalue weighted by atomic mass is 16.4. The molecule has 0 aliphatic rings. The maximum Gasteiger partial charge on any atom is 0.309 e. The molecule has 1 rings (SSSR count). The van der Waals surface area contributed by atoms with Gasteiger partial charge in [0.05, 0.1) is 18.2 Å². The summed E-state index contributed by atoms with van der Waals surface area (Å²) in [4.78, 5) is 11.0. The van der Waals surface area contributed by atoms with Gasteiger partial charge in [0.25, 0.3) is 0 Å². The van der Waals surface area contributed by atoms with Crippen LogP contribution < -0.4 is 0 Å². The number of hydrogen-bond acceptors (Lipinski definition) is 3. The molecule has 0 saturated carbocycles. The number of nitrogens with zero attached hydrogens (tertiary/aromatic N) is 2. The molecule has 0 saturated heterocycles. The van der Waals surface area contributed by atoms with Gasteiger partial charge < -0.3 is 10.2 Å². The summed E-state index contributed by atoms with van der Waals surface area (Å²) in [5.74, 6) is -1.72. The molecule has 0 radical (unpaired) electrons. The number of rotatable bonds is 5. The van der Waals surface area contributed by atoms with Crippen LogP contribution in [-0.2, 0) is 11.8 Å². The molecular weight excluding hydrogens is 208 g/mol. The van der Waals surface area contributed by atoms with Crippen LogP contribution in [0.25, 0.3) is 0 Å². The quantitative estimate of drug-likeness (QED) is 0.792. The smallest absolute Gasteiger partial charge is 0.309 e. The minimum atomic E-state index is -0.980. The van der Waals surface area contributed by atoms with Gasteiger partial charge in [0.1, 0.15) is 0 Å². The van der Waals surface area contributed by atoms with Crippen molar-refractivity contribution in [2.75, 3.05) is 0 Å². The number of carboxylic acids is 1. The molecule has 16 heavy (non-hydrogen) atoms. The number of aliphatic hydroxyl groups is 1. The molecule has 1 aromatic rings. The fourth-order valence-corrected chi connectivity index (χ4v) is 1.75. The Kier molecular flexibility index (Phi) is 4.06. The normalized spacial score (nSPS) is 14.8. The predicted octanol–water partition coefficient (Wildman–Crippen LogP) is 1.26. The minimum Gasteiger partial charge on any atom is -0.481 e. The van der Waals surface area contributed by atoms with Crippen LogP contribution in [0.1, 0.15) is 37.1 Å². The highest BCUT2D eigenvalue weighted by Gasteiger charge is 2.29. The van der Waals surface area contributed by atoms with E-state index in [-0.39, 0.29) is 0 Å². The molecule has 5 heteroatoms. The molecule has 1 aromatic heterocycles. The van der Waals surface area contributed by atoms with E-state index < -0.39 is 18.0 Å². The highest BCUT2D eigenvalue weighted by Crippen LogP contribution is 2.27. The number of carboxylic acid groups (broad SMARTS) is 1. The van der Waals surface area contributed by atoms with E-state index >= 15 is 0 Å². The second-order valence-electron chi connectivity index (χ2n) is 3.99. The summed E-state index contributed by atoms with van der Waals surface area (Å²) < 4.78 is 1.63. The zero-order valence-electron chi connectivity index (χ0n) is 9.84. The van der Waals surface area contributed by atoms with Crippen LogP contribution in [0.3, 0.4) is 0 Å². The number of hydrogen-bond donors (Lipinski definition) is 2. The second-order valence-corrected chi connectivity index (χ2v) is 3.99. The monoisotopic (exact) mass is 226 g/mol. The van der Waals surface area contributed by atoms with Gasteiger partial charge >= 0.3 is 5.97 Å². The third-order valence-corrected chi connectivity index (χ3v) is 2.89. The zero-order valence-corrected chi connectivity index (χ0v) is 9.84. The fourth-order valence-electron chi connectivity index (χ4n) is 1.75. The lowest BCUT2D eigenvalue weighted by Gasteiger charge is -2.18. The van der Waals surface area contributed by atoms with Gasteiger partial charge in [0.15, 0.2) is 0 Å². The Morgan fingerprint density at radius 2 is 2.25 bits per heavy atom. The average Bonchev–Trinajstić information content (AvgIpc) is 2.55.